The Kier molecular flexibility index (Phi) is 35.2. The van der Waals surface area contributed by atoms with Gasteiger partial charge in [-0.05, 0) is 26.9 Å². The molecule has 0 spiro atoms. The molecule has 0 rings (SSSR count). The van der Waals surface area contributed by atoms with Gasteiger partial charge < -0.3 is 25.0 Å². The van der Waals surface area contributed by atoms with E-state index < -0.39 is 18.3 Å². The molecule has 0 radical (unpaired) electrons. The summed E-state index contributed by atoms with van der Waals surface area (Å²) in [5, 5.41) is 5.71. The summed E-state index contributed by atoms with van der Waals surface area (Å²) in [6.07, 6.45) is 35.4. The van der Waals surface area contributed by atoms with Crippen molar-refractivity contribution in [2.24, 2.45) is 0 Å². The van der Waals surface area contributed by atoms with E-state index in [1.54, 1.807) is 0 Å². The number of hydrogen-bond acceptors (Lipinski definition) is 5. The molecular formula is C39H79N3O4. The van der Waals surface area contributed by atoms with Gasteiger partial charge >= 0.3 is 12.2 Å². The van der Waals surface area contributed by atoms with Crippen molar-refractivity contribution < 1.29 is 19.1 Å². The Morgan fingerprint density at radius 1 is 0.478 bits per heavy atom. The molecule has 0 saturated carbocycles. The standard InChI is InChI=1S/C39H79N3O4/c1-5-7-9-11-13-15-17-19-21-23-25-27-29-31-33-40-38(43)45-36-37(35-42(3)4)46-39(44)41-34-32-30-28-26-24-22-20-18-16-14-12-10-8-6-2/h37H,5-36H2,1-4H3,(H,40,43)(H,41,44). The van der Waals surface area contributed by atoms with Crippen LogP contribution in [-0.4, -0.2) is 63.5 Å². The van der Waals surface area contributed by atoms with E-state index in [1.165, 1.54) is 154 Å². The lowest BCUT2D eigenvalue weighted by Gasteiger charge is -2.21. The molecular weight excluding hydrogens is 574 g/mol. The predicted octanol–water partition coefficient (Wildman–Crippen LogP) is 11.3. The molecule has 274 valence electrons. The number of carbonyl (C=O) groups excluding carboxylic acids is 2. The molecule has 0 aliphatic heterocycles. The summed E-state index contributed by atoms with van der Waals surface area (Å²) >= 11 is 0. The third-order valence-electron chi connectivity index (χ3n) is 8.84. The van der Waals surface area contributed by atoms with Crippen LogP contribution < -0.4 is 10.6 Å². The lowest BCUT2D eigenvalue weighted by atomic mass is 10.0. The van der Waals surface area contributed by atoms with E-state index in [9.17, 15) is 9.59 Å². The molecule has 0 fully saturated rings. The summed E-state index contributed by atoms with van der Waals surface area (Å²) in [4.78, 5) is 26.4. The van der Waals surface area contributed by atoms with E-state index in [-0.39, 0.29) is 6.61 Å². The van der Waals surface area contributed by atoms with Crippen LogP contribution in [0, 0.1) is 0 Å². The van der Waals surface area contributed by atoms with Crippen molar-refractivity contribution in [2.45, 2.75) is 200 Å². The maximum atomic E-state index is 12.3. The molecule has 0 aromatic heterocycles. The Hall–Kier alpha value is -1.50. The SMILES string of the molecule is CCCCCCCCCCCCCCCCNC(=O)OCC(CN(C)C)OC(=O)NCCCCCCCCCCCCCCCC. The van der Waals surface area contributed by atoms with E-state index >= 15 is 0 Å². The highest BCUT2D eigenvalue weighted by atomic mass is 16.6. The van der Waals surface area contributed by atoms with Gasteiger partial charge in [0.2, 0.25) is 0 Å². The Balaban J connectivity index is 3.70. The van der Waals surface area contributed by atoms with Gasteiger partial charge in [0.1, 0.15) is 6.61 Å². The van der Waals surface area contributed by atoms with E-state index in [0.717, 1.165) is 25.7 Å². The van der Waals surface area contributed by atoms with Gasteiger partial charge in [0.05, 0.1) is 0 Å². The average Bonchev–Trinajstić information content (AvgIpc) is 3.03. The van der Waals surface area contributed by atoms with Crippen LogP contribution in [0.15, 0.2) is 0 Å². The first-order valence-corrected chi connectivity index (χ1v) is 20.0. The second-order valence-electron chi connectivity index (χ2n) is 13.9. The Labute approximate surface area is 286 Å². The van der Waals surface area contributed by atoms with Crippen molar-refractivity contribution in [1.29, 1.82) is 0 Å². The monoisotopic (exact) mass is 654 g/mol. The average molecular weight is 654 g/mol. The summed E-state index contributed by atoms with van der Waals surface area (Å²) in [5.41, 5.74) is 0. The topological polar surface area (TPSA) is 79.9 Å². The number of hydrogen-bond donors (Lipinski definition) is 2. The van der Waals surface area contributed by atoms with E-state index in [4.69, 9.17) is 9.47 Å². The maximum absolute atomic E-state index is 12.3. The summed E-state index contributed by atoms with van der Waals surface area (Å²) < 4.78 is 10.9. The van der Waals surface area contributed by atoms with Gasteiger partial charge in [-0.25, -0.2) is 9.59 Å². The molecule has 1 unspecified atom stereocenters. The van der Waals surface area contributed by atoms with Gasteiger partial charge in [-0.3, -0.25) is 0 Å². The fourth-order valence-corrected chi connectivity index (χ4v) is 5.96. The van der Waals surface area contributed by atoms with Gasteiger partial charge in [0.15, 0.2) is 6.10 Å². The van der Waals surface area contributed by atoms with Crippen molar-refractivity contribution in [1.82, 2.24) is 15.5 Å². The number of rotatable bonds is 35. The minimum absolute atomic E-state index is 0.0506. The van der Waals surface area contributed by atoms with Crippen LogP contribution in [0.1, 0.15) is 194 Å². The molecule has 0 aromatic carbocycles. The number of unbranched alkanes of at least 4 members (excludes halogenated alkanes) is 26. The Morgan fingerprint density at radius 3 is 1.11 bits per heavy atom. The molecule has 0 bridgehead atoms. The van der Waals surface area contributed by atoms with E-state index in [1.807, 2.05) is 19.0 Å². The fourth-order valence-electron chi connectivity index (χ4n) is 5.96. The zero-order valence-corrected chi connectivity index (χ0v) is 31.3. The van der Waals surface area contributed by atoms with Crippen LogP contribution >= 0.6 is 0 Å². The van der Waals surface area contributed by atoms with E-state index in [0.29, 0.717) is 19.6 Å². The van der Waals surface area contributed by atoms with Crippen molar-refractivity contribution in [2.75, 3.05) is 40.3 Å². The van der Waals surface area contributed by atoms with Crippen molar-refractivity contribution in [3.05, 3.63) is 0 Å². The highest BCUT2D eigenvalue weighted by Crippen LogP contribution is 2.14. The van der Waals surface area contributed by atoms with Crippen molar-refractivity contribution >= 4 is 12.2 Å². The Bertz CT molecular complexity index is 647. The third kappa shape index (κ3) is 35.4. The highest BCUT2D eigenvalue weighted by molar-refractivity contribution is 5.68. The summed E-state index contributed by atoms with van der Waals surface area (Å²) in [5.74, 6) is 0. The van der Waals surface area contributed by atoms with Gasteiger partial charge in [-0.1, -0.05) is 181 Å². The predicted molar refractivity (Wildman–Crippen MR) is 197 cm³/mol. The van der Waals surface area contributed by atoms with Crippen LogP contribution in [0.25, 0.3) is 0 Å². The second kappa shape index (κ2) is 36.3. The molecule has 0 aliphatic carbocycles. The smallest absolute Gasteiger partial charge is 0.407 e. The summed E-state index contributed by atoms with van der Waals surface area (Å²) in [6, 6.07) is 0. The van der Waals surface area contributed by atoms with Crippen LogP contribution in [0.3, 0.4) is 0 Å². The first kappa shape index (κ1) is 44.5. The van der Waals surface area contributed by atoms with Gasteiger partial charge in [-0.15, -0.1) is 0 Å². The van der Waals surface area contributed by atoms with Crippen LogP contribution in [0.4, 0.5) is 9.59 Å². The normalized spacial score (nSPS) is 11.9. The van der Waals surface area contributed by atoms with E-state index in [2.05, 4.69) is 24.5 Å². The molecule has 7 heteroatoms. The van der Waals surface area contributed by atoms with Crippen molar-refractivity contribution in [3.8, 4) is 0 Å². The number of amides is 2. The number of carbonyl (C=O) groups is 2. The number of ether oxygens (including phenoxy) is 2. The van der Waals surface area contributed by atoms with Gasteiger partial charge in [0.25, 0.3) is 0 Å². The number of nitrogens with zero attached hydrogens (tertiary/aromatic N) is 1. The molecule has 0 aliphatic rings. The lowest BCUT2D eigenvalue weighted by Crippen LogP contribution is -2.39. The molecule has 0 heterocycles. The Morgan fingerprint density at radius 2 is 0.783 bits per heavy atom. The molecule has 7 nitrogen and oxygen atoms in total. The molecule has 0 saturated heterocycles. The van der Waals surface area contributed by atoms with Gasteiger partial charge in [-0.2, -0.15) is 0 Å². The minimum atomic E-state index is -0.502. The highest BCUT2D eigenvalue weighted by Gasteiger charge is 2.18. The van der Waals surface area contributed by atoms with Crippen LogP contribution in [-0.2, 0) is 9.47 Å². The second-order valence-corrected chi connectivity index (χ2v) is 13.9. The lowest BCUT2D eigenvalue weighted by molar-refractivity contribution is 0.0318. The van der Waals surface area contributed by atoms with Gasteiger partial charge in [0, 0.05) is 19.6 Å². The third-order valence-corrected chi connectivity index (χ3v) is 8.84. The molecule has 46 heavy (non-hydrogen) atoms. The minimum Gasteiger partial charge on any atom is -0.446 e. The quantitative estimate of drug-likeness (QED) is 0.0665. The molecule has 0 aromatic rings. The number of alkyl carbamates (subject to hydrolysis) is 2. The molecule has 2 amide bonds. The largest absolute Gasteiger partial charge is 0.446 e. The summed E-state index contributed by atoms with van der Waals surface area (Å²) in [7, 11) is 3.83. The van der Waals surface area contributed by atoms with Crippen LogP contribution in [0.5, 0.6) is 0 Å². The maximum Gasteiger partial charge on any atom is 0.407 e. The first-order valence-electron chi connectivity index (χ1n) is 20.0. The molecule has 2 N–H and O–H groups in total. The van der Waals surface area contributed by atoms with Crippen LogP contribution in [0.2, 0.25) is 0 Å². The fraction of sp³-hybridized carbons (Fsp3) is 0.949. The first-order chi connectivity index (χ1) is 22.5. The van der Waals surface area contributed by atoms with Crippen molar-refractivity contribution in [3.63, 3.8) is 0 Å². The number of likely N-dealkylation sites (N-methyl/N-ethyl adjacent to an activating group) is 1. The number of nitrogens with one attached hydrogen (secondary N) is 2. The zero-order valence-electron chi connectivity index (χ0n) is 31.3. The molecule has 1 atom stereocenters. The zero-order chi connectivity index (χ0) is 33.8. The summed E-state index contributed by atoms with van der Waals surface area (Å²) in [6.45, 7) is 6.33.